The van der Waals surface area contributed by atoms with Gasteiger partial charge in [0.05, 0.1) is 18.2 Å². The van der Waals surface area contributed by atoms with Gasteiger partial charge in [-0.15, -0.1) is 11.3 Å². The number of ether oxygens (including phenoxy) is 1. The number of thiophene rings is 1. The highest BCUT2D eigenvalue weighted by Crippen LogP contribution is 2.32. The number of fused-ring (bicyclic) bond motifs is 1. The number of rotatable bonds is 3. The van der Waals surface area contributed by atoms with Crippen molar-refractivity contribution >= 4 is 33.1 Å². The van der Waals surface area contributed by atoms with Crippen LogP contribution >= 0.6 is 11.3 Å². The highest BCUT2D eigenvalue weighted by atomic mass is 32.1. The van der Waals surface area contributed by atoms with Crippen molar-refractivity contribution in [1.29, 1.82) is 0 Å². The van der Waals surface area contributed by atoms with E-state index in [0.29, 0.717) is 0 Å². The predicted octanol–water partition coefficient (Wildman–Crippen LogP) is 4.06. The van der Waals surface area contributed by atoms with Gasteiger partial charge in [-0.25, -0.2) is 9.97 Å². The van der Waals surface area contributed by atoms with E-state index in [1.807, 2.05) is 31.2 Å². The maximum absolute atomic E-state index is 5.36. The zero-order chi connectivity index (χ0) is 14.1. The van der Waals surface area contributed by atoms with Crippen LogP contribution < -0.4 is 10.1 Å². The Balaban J connectivity index is 2.10. The molecule has 0 amide bonds. The van der Waals surface area contributed by atoms with E-state index in [-0.39, 0.29) is 0 Å². The summed E-state index contributed by atoms with van der Waals surface area (Å²) in [5.41, 5.74) is 0.901. The van der Waals surface area contributed by atoms with Crippen molar-refractivity contribution in [1.82, 2.24) is 9.97 Å². The van der Waals surface area contributed by atoms with Crippen LogP contribution in [0.3, 0.4) is 0 Å². The molecule has 0 saturated carbocycles. The third-order valence-electron chi connectivity index (χ3n) is 2.99. The molecule has 0 aliphatic carbocycles. The monoisotopic (exact) mass is 285 g/mol. The number of aryl methyl sites for hydroxylation is 2. The first-order valence-electron chi connectivity index (χ1n) is 6.32. The lowest BCUT2D eigenvalue weighted by Crippen LogP contribution is -1.99. The summed E-state index contributed by atoms with van der Waals surface area (Å²) >= 11 is 1.68. The van der Waals surface area contributed by atoms with Crippen LogP contribution in [0.25, 0.3) is 10.2 Å². The molecule has 0 spiro atoms. The molecule has 0 saturated heterocycles. The van der Waals surface area contributed by atoms with Gasteiger partial charge >= 0.3 is 0 Å². The van der Waals surface area contributed by atoms with Crippen LogP contribution in [0.2, 0.25) is 0 Å². The van der Waals surface area contributed by atoms with Gasteiger partial charge in [0.15, 0.2) is 0 Å². The minimum Gasteiger partial charge on any atom is -0.495 e. The standard InChI is InChI=1S/C15H15N3OS/c1-9-8-11-14(16-10(2)17-15(11)20-9)18-12-6-4-5-7-13(12)19-3/h4-8H,1-3H3,(H,16,17,18). The maximum Gasteiger partial charge on any atom is 0.143 e. The molecule has 1 aromatic carbocycles. The van der Waals surface area contributed by atoms with E-state index in [2.05, 4.69) is 28.3 Å². The van der Waals surface area contributed by atoms with Gasteiger partial charge in [0.25, 0.3) is 0 Å². The van der Waals surface area contributed by atoms with Crippen LogP contribution in [0.5, 0.6) is 5.75 Å². The van der Waals surface area contributed by atoms with Gasteiger partial charge < -0.3 is 10.1 Å². The van der Waals surface area contributed by atoms with Crippen molar-refractivity contribution in [2.75, 3.05) is 12.4 Å². The highest BCUT2D eigenvalue weighted by Gasteiger charge is 2.10. The summed E-state index contributed by atoms with van der Waals surface area (Å²) in [6, 6.07) is 9.92. The molecule has 1 N–H and O–H groups in total. The van der Waals surface area contributed by atoms with Gasteiger partial charge in [-0.2, -0.15) is 0 Å². The van der Waals surface area contributed by atoms with E-state index in [1.165, 1.54) is 4.88 Å². The molecule has 2 heterocycles. The molecular formula is C15H15N3OS. The van der Waals surface area contributed by atoms with Gasteiger partial charge in [0, 0.05) is 4.88 Å². The molecule has 0 aliphatic heterocycles. The minimum absolute atomic E-state index is 0.761. The molecule has 0 fully saturated rings. The minimum atomic E-state index is 0.761. The number of benzene rings is 1. The molecule has 0 unspecified atom stereocenters. The van der Waals surface area contributed by atoms with E-state index in [0.717, 1.165) is 33.3 Å². The molecular weight excluding hydrogens is 270 g/mol. The van der Waals surface area contributed by atoms with Crippen molar-refractivity contribution in [2.24, 2.45) is 0 Å². The number of methoxy groups -OCH3 is 1. The smallest absolute Gasteiger partial charge is 0.143 e. The van der Waals surface area contributed by atoms with Gasteiger partial charge in [0.2, 0.25) is 0 Å². The molecule has 3 rings (SSSR count). The van der Waals surface area contributed by atoms with Gasteiger partial charge in [-0.1, -0.05) is 12.1 Å². The van der Waals surface area contributed by atoms with Crippen LogP contribution in [0.1, 0.15) is 10.7 Å². The Morgan fingerprint density at radius 1 is 1.15 bits per heavy atom. The molecule has 20 heavy (non-hydrogen) atoms. The number of para-hydroxylation sites is 2. The summed E-state index contributed by atoms with van der Waals surface area (Å²) in [4.78, 5) is 11.2. The summed E-state index contributed by atoms with van der Waals surface area (Å²) in [6.45, 7) is 3.98. The molecule has 0 atom stereocenters. The first kappa shape index (κ1) is 12.9. The Hall–Kier alpha value is -2.14. The second-order valence-corrected chi connectivity index (χ2v) is 5.76. The average Bonchev–Trinajstić information content (AvgIpc) is 2.79. The Morgan fingerprint density at radius 2 is 1.95 bits per heavy atom. The van der Waals surface area contributed by atoms with Crippen molar-refractivity contribution in [3.8, 4) is 5.75 Å². The zero-order valence-electron chi connectivity index (χ0n) is 11.6. The highest BCUT2D eigenvalue weighted by molar-refractivity contribution is 7.18. The van der Waals surface area contributed by atoms with E-state index < -0.39 is 0 Å². The van der Waals surface area contributed by atoms with E-state index in [1.54, 1.807) is 18.4 Å². The lowest BCUT2D eigenvalue weighted by atomic mass is 10.2. The Labute approximate surface area is 121 Å². The first-order valence-corrected chi connectivity index (χ1v) is 7.14. The summed E-state index contributed by atoms with van der Waals surface area (Å²) in [5.74, 6) is 2.38. The number of aromatic nitrogens is 2. The maximum atomic E-state index is 5.36. The molecule has 102 valence electrons. The van der Waals surface area contributed by atoms with Crippen LogP contribution in [-0.4, -0.2) is 17.1 Å². The summed E-state index contributed by atoms with van der Waals surface area (Å²) < 4.78 is 5.36. The Morgan fingerprint density at radius 3 is 2.75 bits per heavy atom. The topological polar surface area (TPSA) is 47.0 Å². The van der Waals surface area contributed by atoms with E-state index >= 15 is 0 Å². The lowest BCUT2D eigenvalue weighted by molar-refractivity contribution is 0.417. The van der Waals surface area contributed by atoms with Crippen LogP contribution in [0, 0.1) is 13.8 Å². The third-order valence-corrected chi connectivity index (χ3v) is 3.93. The quantitative estimate of drug-likeness (QED) is 0.788. The van der Waals surface area contributed by atoms with Crippen LogP contribution in [-0.2, 0) is 0 Å². The Kier molecular flexibility index (Phi) is 3.28. The van der Waals surface area contributed by atoms with E-state index in [4.69, 9.17) is 4.74 Å². The predicted molar refractivity (Wildman–Crippen MR) is 83.2 cm³/mol. The van der Waals surface area contributed by atoms with Crippen molar-refractivity contribution in [2.45, 2.75) is 13.8 Å². The number of hydrogen-bond donors (Lipinski definition) is 1. The molecule has 5 heteroatoms. The lowest BCUT2D eigenvalue weighted by Gasteiger charge is -2.11. The first-order chi connectivity index (χ1) is 9.67. The molecule has 0 bridgehead atoms. The largest absolute Gasteiger partial charge is 0.495 e. The van der Waals surface area contributed by atoms with Crippen LogP contribution in [0.15, 0.2) is 30.3 Å². The zero-order valence-corrected chi connectivity index (χ0v) is 12.4. The number of anilines is 2. The molecule has 2 aromatic heterocycles. The van der Waals surface area contributed by atoms with Crippen molar-refractivity contribution < 1.29 is 4.74 Å². The fourth-order valence-corrected chi connectivity index (χ4v) is 3.04. The summed E-state index contributed by atoms with van der Waals surface area (Å²) in [6.07, 6.45) is 0. The number of nitrogens with one attached hydrogen (secondary N) is 1. The number of hydrogen-bond acceptors (Lipinski definition) is 5. The second kappa shape index (κ2) is 5.09. The molecule has 4 nitrogen and oxygen atoms in total. The SMILES string of the molecule is COc1ccccc1Nc1nc(C)nc2sc(C)cc12. The van der Waals surface area contributed by atoms with Crippen molar-refractivity contribution in [3.63, 3.8) is 0 Å². The van der Waals surface area contributed by atoms with E-state index in [9.17, 15) is 0 Å². The second-order valence-electron chi connectivity index (χ2n) is 4.52. The molecule has 3 aromatic rings. The fourth-order valence-electron chi connectivity index (χ4n) is 2.12. The summed E-state index contributed by atoms with van der Waals surface area (Å²) in [7, 11) is 1.66. The fraction of sp³-hybridized carbons (Fsp3) is 0.200. The Bertz CT molecular complexity index is 767. The van der Waals surface area contributed by atoms with Crippen molar-refractivity contribution in [3.05, 3.63) is 41.0 Å². The normalized spacial score (nSPS) is 10.8. The molecule has 0 aliphatic rings. The number of nitrogens with zero attached hydrogens (tertiary/aromatic N) is 2. The molecule has 0 radical (unpaired) electrons. The van der Waals surface area contributed by atoms with Gasteiger partial charge in [-0.05, 0) is 32.0 Å². The van der Waals surface area contributed by atoms with Crippen LogP contribution in [0.4, 0.5) is 11.5 Å². The average molecular weight is 285 g/mol. The summed E-state index contributed by atoms with van der Waals surface area (Å²) in [5, 5.41) is 4.40. The van der Waals surface area contributed by atoms with Gasteiger partial charge in [-0.3, -0.25) is 0 Å². The third kappa shape index (κ3) is 2.32. The van der Waals surface area contributed by atoms with Gasteiger partial charge in [0.1, 0.15) is 22.2 Å².